The lowest BCUT2D eigenvalue weighted by Crippen LogP contribution is -2.15. The highest BCUT2D eigenvalue weighted by Crippen LogP contribution is 2.47. The number of nitrogens with zero attached hydrogens (tertiary/aromatic N) is 1. The predicted octanol–water partition coefficient (Wildman–Crippen LogP) is 1.69. The van der Waals surface area contributed by atoms with E-state index in [-0.39, 0.29) is 19.0 Å². The van der Waals surface area contributed by atoms with Crippen LogP contribution < -0.4 is 16.8 Å². The lowest BCUT2D eigenvalue weighted by atomic mass is 10.2. The van der Waals surface area contributed by atoms with Gasteiger partial charge in [-0.15, -0.1) is 11.6 Å². The molecule has 0 amide bonds. The Balaban J connectivity index is 0.00000144. The average Bonchev–Trinajstić information content (AvgIpc) is 2.89. The van der Waals surface area contributed by atoms with Gasteiger partial charge >= 0.3 is 0 Å². The quantitative estimate of drug-likeness (QED) is 0.562. The number of aromatic nitrogens is 1. The first kappa shape index (κ1) is 14.2. The molecule has 0 bridgehead atoms. The third kappa shape index (κ3) is 2.88. The van der Waals surface area contributed by atoms with Crippen molar-refractivity contribution in [2.75, 3.05) is 24.1 Å². The number of nitrogen functional groups attached to an aromatic ring is 1. The third-order valence-electron chi connectivity index (χ3n) is 2.38. The molecule has 1 aromatic rings. The van der Waals surface area contributed by atoms with Crippen LogP contribution in [0.2, 0.25) is 0 Å². The molecule has 2 rings (SSSR count). The second-order valence-corrected chi connectivity index (χ2v) is 5.47. The van der Waals surface area contributed by atoms with Gasteiger partial charge in [-0.2, -0.15) is 0 Å². The molecule has 7 heteroatoms. The molecule has 5 nitrogen and oxygen atoms in total. The lowest BCUT2D eigenvalue weighted by molar-refractivity contribution is 0.0983. The second-order valence-electron chi connectivity index (χ2n) is 3.74. The van der Waals surface area contributed by atoms with E-state index in [0.717, 1.165) is 12.8 Å². The highest BCUT2D eigenvalue weighted by molar-refractivity contribution is 7.18. The van der Waals surface area contributed by atoms with Crippen molar-refractivity contribution in [1.82, 2.24) is 4.98 Å². The molecule has 0 saturated heterocycles. The Bertz CT molecular complexity index is 416. The molecule has 0 aromatic carbocycles. The van der Waals surface area contributed by atoms with Crippen molar-refractivity contribution in [3.63, 3.8) is 0 Å². The number of nitrogens with two attached hydrogens (primary N) is 2. The normalized spacial score (nSPS) is 16.1. The zero-order valence-corrected chi connectivity index (χ0v) is 10.2. The summed E-state index contributed by atoms with van der Waals surface area (Å²) in [5.41, 5.74) is 11.0. The molecule has 0 aliphatic heterocycles. The van der Waals surface area contributed by atoms with Crippen LogP contribution in [-0.2, 0) is 0 Å². The fourth-order valence-corrected chi connectivity index (χ4v) is 2.48. The number of carbonyl (C=O) groups is 1. The molecule has 0 radical (unpaired) electrons. The predicted molar refractivity (Wildman–Crippen MR) is 73.0 cm³/mol. The van der Waals surface area contributed by atoms with Crippen LogP contribution in [0, 0.1) is 0 Å². The highest BCUT2D eigenvalue weighted by Gasteiger charge is 2.49. The lowest BCUT2D eigenvalue weighted by Gasteiger charge is -2.01. The van der Waals surface area contributed by atoms with Gasteiger partial charge in [0.2, 0.25) is 0 Å². The maximum atomic E-state index is 11.9. The molecule has 17 heavy (non-hydrogen) atoms. The molecule has 1 aliphatic rings. The number of ketones is 1. The molecule has 1 heterocycles. The van der Waals surface area contributed by atoms with Crippen molar-refractivity contribution in [2.24, 2.45) is 5.73 Å². The topological polar surface area (TPSA) is 94.0 Å². The minimum Gasteiger partial charge on any atom is -0.382 e. The zero-order valence-electron chi connectivity index (χ0n) is 8.62. The number of Topliss-reactive ketones (excluding diaryl/α,β-unsaturated/α-hetero) is 1. The fourth-order valence-electron chi connectivity index (χ4n) is 1.29. The summed E-state index contributed by atoms with van der Waals surface area (Å²) in [4.78, 5) is 15.7. The summed E-state index contributed by atoms with van der Waals surface area (Å²) in [6.45, 7) is 1.11. The van der Waals surface area contributed by atoms with Gasteiger partial charge in [-0.3, -0.25) is 4.79 Å². The van der Waals surface area contributed by atoms with Crippen molar-refractivity contribution in [3.8, 4) is 0 Å². The van der Waals surface area contributed by atoms with Crippen LogP contribution in [0.1, 0.15) is 29.9 Å². The Morgan fingerprint density at radius 2 is 2.24 bits per heavy atom. The van der Waals surface area contributed by atoms with Gasteiger partial charge in [-0.1, -0.05) is 18.8 Å². The van der Waals surface area contributed by atoms with Crippen LogP contribution >= 0.6 is 22.9 Å². The first-order chi connectivity index (χ1) is 7.57. The van der Waals surface area contributed by atoms with E-state index in [0.29, 0.717) is 23.1 Å². The Morgan fingerprint density at radius 3 is 2.76 bits per heavy atom. The van der Waals surface area contributed by atoms with Crippen LogP contribution in [0.3, 0.4) is 0 Å². The Kier molecular flexibility index (Phi) is 4.35. The van der Waals surface area contributed by atoms with Gasteiger partial charge in [0.05, 0.1) is 0 Å². The van der Waals surface area contributed by atoms with Crippen LogP contribution in [0.5, 0.6) is 0 Å². The number of thiazole rings is 1. The summed E-state index contributed by atoms with van der Waals surface area (Å²) in [6.07, 6.45) is 1.44. The summed E-state index contributed by atoms with van der Waals surface area (Å²) in [5, 5.41) is 3.61. The summed E-state index contributed by atoms with van der Waals surface area (Å²) >= 11 is 7.29. The first-order valence-electron chi connectivity index (χ1n) is 5.01. The summed E-state index contributed by atoms with van der Waals surface area (Å²) in [5.74, 6) is 0.145. The standard InChI is InChI=1S/C9H13ClN4OS.CH4/c10-9(1-2-9)6(15)5-7(12)14-8(16-5)13-4-3-11;/h1-4,11-12H2,(H,13,14);1H4. The maximum Gasteiger partial charge on any atom is 0.197 e. The minimum atomic E-state index is -0.716. The Labute approximate surface area is 110 Å². The van der Waals surface area contributed by atoms with Crippen LogP contribution in [0.15, 0.2) is 0 Å². The van der Waals surface area contributed by atoms with E-state index in [1.807, 2.05) is 0 Å². The Hall–Kier alpha value is -0.850. The summed E-state index contributed by atoms with van der Waals surface area (Å²) in [7, 11) is 0. The number of carbonyl (C=O) groups excluding carboxylic acids is 1. The number of hydrogen-bond donors (Lipinski definition) is 3. The smallest absolute Gasteiger partial charge is 0.197 e. The van der Waals surface area contributed by atoms with E-state index in [1.165, 1.54) is 11.3 Å². The zero-order chi connectivity index (χ0) is 11.8. The molecule has 0 atom stereocenters. The van der Waals surface area contributed by atoms with E-state index < -0.39 is 4.87 Å². The van der Waals surface area contributed by atoms with Gasteiger partial charge in [-0.05, 0) is 12.8 Å². The monoisotopic (exact) mass is 276 g/mol. The molecular formula is C10H17ClN4OS. The molecule has 96 valence electrons. The van der Waals surface area contributed by atoms with Crippen LogP contribution in [0.4, 0.5) is 10.9 Å². The summed E-state index contributed by atoms with van der Waals surface area (Å²) < 4.78 is 0. The van der Waals surface area contributed by atoms with Gasteiger partial charge in [0.1, 0.15) is 15.6 Å². The first-order valence-corrected chi connectivity index (χ1v) is 6.20. The van der Waals surface area contributed by atoms with Crippen LogP contribution in [0.25, 0.3) is 0 Å². The molecular weight excluding hydrogens is 260 g/mol. The van der Waals surface area contributed by atoms with E-state index in [9.17, 15) is 4.79 Å². The molecule has 1 aromatic heterocycles. The van der Waals surface area contributed by atoms with E-state index in [1.54, 1.807) is 0 Å². The average molecular weight is 277 g/mol. The SMILES string of the molecule is C.NCCNc1nc(N)c(C(=O)C2(Cl)CC2)s1. The molecule has 1 saturated carbocycles. The largest absolute Gasteiger partial charge is 0.382 e. The van der Waals surface area contributed by atoms with E-state index in [4.69, 9.17) is 23.1 Å². The fraction of sp³-hybridized carbons (Fsp3) is 0.600. The molecule has 1 aliphatic carbocycles. The van der Waals surface area contributed by atoms with Crippen molar-refractivity contribution in [3.05, 3.63) is 4.88 Å². The number of hydrogen-bond acceptors (Lipinski definition) is 6. The van der Waals surface area contributed by atoms with Crippen molar-refractivity contribution >= 4 is 39.7 Å². The molecule has 5 N–H and O–H groups in total. The van der Waals surface area contributed by atoms with Gasteiger partial charge in [0.15, 0.2) is 10.9 Å². The van der Waals surface area contributed by atoms with Crippen molar-refractivity contribution < 1.29 is 4.79 Å². The maximum absolute atomic E-state index is 11.9. The van der Waals surface area contributed by atoms with E-state index in [2.05, 4.69) is 10.3 Å². The molecule has 1 fully saturated rings. The highest BCUT2D eigenvalue weighted by atomic mass is 35.5. The number of nitrogens with one attached hydrogen (secondary N) is 1. The third-order valence-corrected chi connectivity index (χ3v) is 3.95. The second kappa shape index (κ2) is 5.20. The van der Waals surface area contributed by atoms with Crippen LogP contribution in [-0.4, -0.2) is 28.7 Å². The van der Waals surface area contributed by atoms with E-state index >= 15 is 0 Å². The number of rotatable bonds is 5. The summed E-state index contributed by atoms with van der Waals surface area (Å²) in [6, 6.07) is 0. The number of anilines is 2. The van der Waals surface area contributed by atoms with Gasteiger partial charge < -0.3 is 16.8 Å². The molecule has 0 spiro atoms. The Morgan fingerprint density at radius 1 is 1.59 bits per heavy atom. The van der Waals surface area contributed by atoms with Gasteiger partial charge in [0.25, 0.3) is 0 Å². The van der Waals surface area contributed by atoms with Crippen molar-refractivity contribution in [1.29, 1.82) is 0 Å². The van der Waals surface area contributed by atoms with Gasteiger partial charge in [-0.25, -0.2) is 4.98 Å². The van der Waals surface area contributed by atoms with Crippen molar-refractivity contribution in [2.45, 2.75) is 25.1 Å². The minimum absolute atomic E-state index is 0. The number of alkyl halides is 1. The number of halogens is 1. The van der Waals surface area contributed by atoms with Gasteiger partial charge in [0, 0.05) is 13.1 Å². The molecule has 0 unspecified atom stereocenters.